The number of hydrogen-bond acceptors (Lipinski definition) is 2. The Labute approximate surface area is 91.8 Å². The molecule has 1 aromatic rings. The number of nitrogens with one attached hydrogen (secondary N) is 1. The molecule has 2 nitrogen and oxygen atoms in total. The van der Waals surface area contributed by atoms with Crippen LogP contribution in [0, 0.1) is 5.82 Å². The average Bonchev–Trinajstić information content (AvgIpc) is 2.16. The third-order valence-corrected chi connectivity index (χ3v) is 2.75. The Balaban J connectivity index is 2.59. The van der Waals surface area contributed by atoms with E-state index in [0.717, 1.165) is 10.0 Å². The normalized spacial score (nSPS) is 12.9. The Morgan fingerprint density at radius 2 is 2.29 bits per heavy atom. The molecule has 0 saturated carbocycles. The van der Waals surface area contributed by atoms with Crippen LogP contribution in [0.3, 0.4) is 0 Å². The van der Waals surface area contributed by atoms with Crippen molar-refractivity contribution in [3.63, 3.8) is 0 Å². The molecule has 3 N–H and O–H groups in total. The smallest absolute Gasteiger partial charge is 0.124 e. The van der Waals surface area contributed by atoms with Crippen LogP contribution in [-0.4, -0.2) is 12.6 Å². The molecule has 0 fully saturated rings. The molecule has 1 aromatic carbocycles. The lowest BCUT2D eigenvalue weighted by Gasteiger charge is -2.12. The molecule has 1 rings (SSSR count). The van der Waals surface area contributed by atoms with Crippen molar-refractivity contribution in [2.24, 2.45) is 5.73 Å². The van der Waals surface area contributed by atoms with Gasteiger partial charge < -0.3 is 11.1 Å². The number of benzene rings is 1. The van der Waals surface area contributed by atoms with E-state index in [1.165, 1.54) is 12.1 Å². The highest BCUT2D eigenvalue weighted by atomic mass is 79.9. The second kappa shape index (κ2) is 5.44. The van der Waals surface area contributed by atoms with Crippen LogP contribution in [0.15, 0.2) is 22.7 Å². The summed E-state index contributed by atoms with van der Waals surface area (Å²) in [4.78, 5) is 0. The van der Waals surface area contributed by atoms with Crippen LogP contribution < -0.4 is 11.1 Å². The van der Waals surface area contributed by atoms with E-state index < -0.39 is 0 Å². The summed E-state index contributed by atoms with van der Waals surface area (Å²) in [7, 11) is 0. The van der Waals surface area contributed by atoms with Gasteiger partial charge in [-0.25, -0.2) is 4.39 Å². The molecule has 0 amide bonds. The summed E-state index contributed by atoms with van der Waals surface area (Å²) in [6.07, 6.45) is 0. The molecule has 1 atom stereocenters. The number of halogens is 2. The monoisotopic (exact) mass is 260 g/mol. The fourth-order valence-electron chi connectivity index (χ4n) is 1.03. The summed E-state index contributed by atoms with van der Waals surface area (Å²) in [5, 5.41) is 3.23. The first kappa shape index (κ1) is 11.6. The molecule has 0 aliphatic carbocycles. The zero-order chi connectivity index (χ0) is 10.6. The van der Waals surface area contributed by atoms with Gasteiger partial charge in [0.1, 0.15) is 5.82 Å². The minimum Gasteiger partial charge on any atom is -0.329 e. The molecule has 4 heteroatoms. The fraction of sp³-hybridized carbons (Fsp3) is 0.400. The molecule has 0 unspecified atom stereocenters. The van der Waals surface area contributed by atoms with Crippen molar-refractivity contribution < 1.29 is 4.39 Å². The fourth-order valence-corrected chi connectivity index (χ4v) is 1.52. The lowest BCUT2D eigenvalue weighted by atomic mass is 10.2. The molecule has 14 heavy (non-hydrogen) atoms. The third kappa shape index (κ3) is 3.36. The van der Waals surface area contributed by atoms with Crippen molar-refractivity contribution in [2.75, 3.05) is 6.54 Å². The summed E-state index contributed by atoms with van der Waals surface area (Å²) in [6, 6.07) is 4.95. The molecule has 0 radical (unpaired) electrons. The van der Waals surface area contributed by atoms with Crippen LogP contribution in [0.4, 0.5) is 4.39 Å². The molecule has 0 heterocycles. The van der Waals surface area contributed by atoms with E-state index in [-0.39, 0.29) is 11.9 Å². The Morgan fingerprint density at radius 3 is 2.86 bits per heavy atom. The average molecular weight is 261 g/mol. The van der Waals surface area contributed by atoms with Crippen LogP contribution in [-0.2, 0) is 6.54 Å². The van der Waals surface area contributed by atoms with E-state index >= 15 is 0 Å². The second-order valence-electron chi connectivity index (χ2n) is 3.25. The van der Waals surface area contributed by atoms with Crippen molar-refractivity contribution in [3.8, 4) is 0 Å². The van der Waals surface area contributed by atoms with Gasteiger partial charge in [-0.15, -0.1) is 0 Å². The first-order chi connectivity index (χ1) is 6.63. The van der Waals surface area contributed by atoms with E-state index in [2.05, 4.69) is 21.2 Å². The summed E-state index contributed by atoms with van der Waals surface area (Å²) in [5.41, 5.74) is 6.50. The largest absolute Gasteiger partial charge is 0.329 e. The van der Waals surface area contributed by atoms with Gasteiger partial charge >= 0.3 is 0 Å². The summed E-state index contributed by atoms with van der Waals surface area (Å²) < 4.78 is 13.5. The number of hydrogen-bond donors (Lipinski definition) is 2. The maximum absolute atomic E-state index is 12.7. The van der Waals surface area contributed by atoms with Gasteiger partial charge in [-0.05, 0) is 24.6 Å². The zero-order valence-electron chi connectivity index (χ0n) is 8.06. The lowest BCUT2D eigenvalue weighted by molar-refractivity contribution is 0.554. The highest BCUT2D eigenvalue weighted by molar-refractivity contribution is 9.10. The summed E-state index contributed by atoms with van der Waals surface area (Å²) in [6.45, 7) is 3.30. The van der Waals surface area contributed by atoms with Crippen molar-refractivity contribution in [1.29, 1.82) is 0 Å². The summed E-state index contributed by atoms with van der Waals surface area (Å²) >= 11 is 3.31. The summed E-state index contributed by atoms with van der Waals surface area (Å²) in [5.74, 6) is -0.229. The van der Waals surface area contributed by atoms with Gasteiger partial charge in [0.05, 0.1) is 0 Å². The predicted octanol–water partition coefficient (Wildman–Crippen LogP) is 2.02. The van der Waals surface area contributed by atoms with Gasteiger partial charge in [-0.1, -0.05) is 22.0 Å². The van der Waals surface area contributed by atoms with Gasteiger partial charge in [0.15, 0.2) is 0 Å². The van der Waals surface area contributed by atoms with E-state index in [4.69, 9.17) is 5.73 Å². The highest BCUT2D eigenvalue weighted by Crippen LogP contribution is 2.17. The SMILES string of the molecule is C[C@@H](CN)NCc1ccc(F)cc1Br. The van der Waals surface area contributed by atoms with Crippen LogP contribution in [0.5, 0.6) is 0 Å². The minimum absolute atomic E-state index is 0.229. The molecule has 0 saturated heterocycles. The van der Waals surface area contributed by atoms with Gasteiger partial charge in [0, 0.05) is 23.6 Å². The van der Waals surface area contributed by atoms with E-state index in [0.29, 0.717) is 13.1 Å². The topological polar surface area (TPSA) is 38.0 Å². The van der Waals surface area contributed by atoms with Crippen LogP contribution in [0.1, 0.15) is 12.5 Å². The van der Waals surface area contributed by atoms with Crippen molar-refractivity contribution in [1.82, 2.24) is 5.32 Å². The Bertz CT molecular complexity index is 304. The maximum Gasteiger partial charge on any atom is 0.124 e. The van der Waals surface area contributed by atoms with Crippen molar-refractivity contribution >= 4 is 15.9 Å². The maximum atomic E-state index is 12.7. The zero-order valence-corrected chi connectivity index (χ0v) is 9.64. The van der Waals surface area contributed by atoms with Gasteiger partial charge in [-0.3, -0.25) is 0 Å². The van der Waals surface area contributed by atoms with Gasteiger partial charge in [0.2, 0.25) is 0 Å². The molecule has 0 aliphatic rings. The molecule has 78 valence electrons. The van der Waals surface area contributed by atoms with Gasteiger partial charge in [-0.2, -0.15) is 0 Å². The Morgan fingerprint density at radius 1 is 1.57 bits per heavy atom. The Kier molecular flexibility index (Phi) is 4.51. The second-order valence-corrected chi connectivity index (χ2v) is 4.11. The van der Waals surface area contributed by atoms with E-state index in [1.807, 2.05) is 6.92 Å². The third-order valence-electron chi connectivity index (χ3n) is 2.01. The van der Waals surface area contributed by atoms with Crippen LogP contribution >= 0.6 is 15.9 Å². The van der Waals surface area contributed by atoms with Crippen molar-refractivity contribution in [3.05, 3.63) is 34.1 Å². The van der Waals surface area contributed by atoms with E-state index in [1.54, 1.807) is 6.07 Å². The lowest BCUT2D eigenvalue weighted by Crippen LogP contribution is -2.32. The molecule has 0 aliphatic heterocycles. The first-order valence-corrected chi connectivity index (χ1v) is 5.30. The Hall–Kier alpha value is -0.450. The van der Waals surface area contributed by atoms with E-state index in [9.17, 15) is 4.39 Å². The minimum atomic E-state index is -0.229. The highest BCUT2D eigenvalue weighted by Gasteiger charge is 2.03. The first-order valence-electron chi connectivity index (χ1n) is 4.51. The molecule has 0 aromatic heterocycles. The standard InChI is InChI=1S/C10H14BrFN2/c1-7(5-13)14-6-8-2-3-9(12)4-10(8)11/h2-4,7,14H,5-6,13H2,1H3/t7-/m0/s1. The molecular weight excluding hydrogens is 247 g/mol. The molecule has 0 bridgehead atoms. The van der Waals surface area contributed by atoms with Gasteiger partial charge in [0.25, 0.3) is 0 Å². The molecular formula is C10H14BrFN2. The number of rotatable bonds is 4. The quantitative estimate of drug-likeness (QED) is 0.870. The molecule has 0 spiro atoms. The van der Waals surface area contributed by atoms with Crippen molar-refractivity contribution in [2.45, 2.75) is 19.5 Å². The van der Waals surface area contributed by atoms with Crippen LogP contribution in [0.25, 0.3) is 0 Å². The predicted molar refractivity (Wildman–Crippen MR) is 59.5 cm³/mol. The number of nitrogens with two attached hydrogens (primary N) is 1. The van der Waals surface area contributed by atoms with Crippen LogP contribution in [0.2, 0.25) is 0 Å².